The van der Waals surface area contributed by atoms with E-state index in [-0.39, 0.29) is 17.7 Å². The summed E-state index contributed by atoms with van der Waals surface area (Å²) in [6, 6.07) is 0. The minimum absolute atomic E-state index is 0.0915. The van der Waals surface area contributed by atoms with E-state index in [1.54, 1.807) is 25.6 Å². The molecule has 0 bridgehead atoms. The number of nitrogens with one attached hydrogen (secondary N) is 1. The molecule has 0 radical (unpaired) electrons. The van der Waals surface area contributed by atoms with Gasteiger partial charge in [-0.15, -0.1) is 0 Å². The number of aliphatic carboxylic acids is 1. The zero-order chi connectivity index (χ0) is 12.1. The summed E-state index contributed by atoms with van der Waals surface area (Å²) < 4.78 is 0. The first-order chi connectivity index (χ1) is 6.79. The van der Waals surface area contributed by atoms with E-state index in [1.165, 1.54) is 0 Å². The highest BCUT2D eigenvalue weighted by atomic mass is 32.2. The summed E-state index contributed by atoms with van der Waals surface area (Å²) in [5.74, 6) is -0.994. The highest BCUT2D eigenvalue weighted by Crippen LogP contribution is 2.14. The van der Waals surface area contributed by atoms with Crippen LogP contribution in [0.5, 0.6) is 0 Å². The molecular weight excluding hydrogens is 214 g/mol. The second-order valence-corrected chi connectivity index (χ2v) is 5.49. The van der Waals surface area contributed by atoms with Gasteiger partial charge in [0.05, 0.1) is 5.41 Å². The van der Waals surface area contributed by atoms with Crippen LogP contribution < -0.4 is 5.32 Å². The molecule has 1 amide bonds. The molecule has 0 aliphatic carbocycles. The van der Waals surface area contributed by atoms with E-state index in [0.717, 1.165) is 0 Å². The van der Waals surface area contributed by atoms with Gasteiger partial charge >= 0.3 is 5.97 Å². The Hall–Kier alpha value is -0.710. The lowest BCUT2D eigenvalue weighted by Gasteiger charge is -2.19. The highest BCUT2D eigenvalue weighted by Gasteiger charge is 2.27. The summed E-state index contributed by atoms with van der Waals surface area (Å²) >= 11 is 1.62. The molecule has 0 saturated heterocycles. The Kier molecular flexibility index (Phi) is 5.72. The van der Waals surface area contributed by atoms with Crippen molar-refractivity contribution in [3.63, 3.8) is 0 Å². The number of carboxylic acids is 1. The molecule has 0 aromatic carbocycles. The van der Waals surface area contributed by atoms with Crippen LogP contribution in [0.1, 0.15) is 27.2 Å². The summed E-state index contributed by atoms with van der Waals surface area (Å²) in [7, 11) is 0. The highest BCUT2D eigenvalue weighted by molar-refractivity contribution is 7.99. The summed E-state index contributed by atoms with van der Waals surface area (Å²) in [4.78, 5) is 22.1. The van der Waals surface area contributed by atoms with E-state index < -0.39 is 11.4 Å². The van der Waals surface area contributed by atoms with Crippen molar-refractivity contribution >= 4 is 23.6 Å². The average Bonchev–Trinajstić information content (AvgIpc) is 2.14. The van der Waals surface area contributed by atoms with E-state index in [1.807, 2.05) is 13.2 Å². The number of hydrogen-bond donors (Lipinski definition) is 2. The van der Waals surface area contributed by atoms with Gasteiger partial charge in [0.25, 0.3) is 0 Å². The molecule has 0 aromatic rings. The predicted molar refractivity (Wildman–Crippen MR) is 62.0 cm³/mol. The maximum atomic E-state index is 11.4. The lowest BCUT2D eigenvalue weighted by atomic mass is 9.94. The van der Waals surface area contributed by atoms with Gasteiger partial charge in [-0.3, -0.25) is 9.59 Å². The minimum atomic E-state index is -0.905. The minimum Gasteiger partial charge on any atom is -0.481 e. The summed E-state index contributed by atoms with van der Waals surface area (Å²) in [5, 5.41) is 11.7. The van der Waals surface area contributed by atoms with Crippen molar-refractivity contribution in [2.75, 3.05) is 12.8 Å². The quantitative estimate of drug-likeness (QED) is 0.727. The lowest BCUT2D eigenvalue weighted by Crippen LogP contribution is -2.39. The van der Waals surface area contributed by atoms with Gasteiger partial charge in [-0.05, 0) is 20.1 Å². The monoisotopic (exact) mass is 233 g/mol. The van der Waals surface area contributed by atoms with Gasteiger partial charge in [-0.1, -0.05) is 6.92 Å². The lowest BCUT2D eigenvalue weighted by molar-refractivity contribution is -0.146. The fraction of sp³-hybridized carbons (Fsp3) is 0.800. The molecule has 4 nitrogen and oxygen atoms in total. The number of thioether (sulfide) groups is 1. The molecule has 0 saturated carbocycles. The molecule has 0 spiro atoms. The second-order valence-electron chi connectivity index (χ2n) is 4.22. The van der Waals surface area contributed by atoms with Crippen molar-refractivity contribution in [3.8, 4) is 0 Å². The molecule has 0 aromatic heterocycles. The molecule has 15 heavy (non-hydrogen) atoms. The number of amides is 1. The molecule has 0 rings (SSSR count). The molecule has 0 aliphatic heterocycles. The van der Waals surface area contributed by atoms with Crippen LogP contribution in [0.4, 0.5) is 0 Å². The summed E-state index contributed by atoms with van der Waals surface area (Å²) in [6.45, 7) is 5.32. The van der Waals surface area contributed by atoms with Crippen molar-refractivity contribution in [1.82, 2.24) is 5.32 Å². The van der Waals surface area contributed by atoms with Gasteiger partial charge in [0, 0.05) is 18.2 Å². The number of hydrogen-bond acceptors (Lipinski definition) is 3. The van der Waals surface area contributed by atoms with Crippen LogP contribution in [-0.4, -0.2) is 35.0 Å². The van der Waals surface area contributed by atoms with Gasteiger partial charge in [0.15, 0.2) is 0 Å². The van der Waals surface area contributed by atoms with E-state index in [4.69, 9.17) is 5.11 Å². The molecule has 88 valence electrons. The first-order valence-corrected chi connectivity index (χ1v) is 6.11. The van der Waals surface area contributed by atoms with Crippen LogP contribution in [-0.2, 0) is 9.59 Å². The SMILES string of the molecule is CSC(C)CC(=O)NCC(C)(C)C(=O)O. The van der Waals surface area contributed by atoms with Crippen molar-refractivity contribution in [2.24, 2.45) is 5.41 Å². The standard InChI is InChI=1S/C10H19NO3S/c1-7(15-4)5-8(12)11-6-10(2,3)9(13)14/h7H,5-6H2,1-4H3,(H,11,12)(H,13,14). The Labute approximate surface area is 94.8 Å². The smallest absolute Gasteiger partial charge is 0.310 e. The Morgan fingerprint density at radius 1 is 1.47 bits per heavy atom. The Morgan fingerprint density at radius 3 is 2.40 bits per heavy atom. The normalized spacial score (nSPS) is 13.3. The van der Waals surface area contributed by atoms with Crippen LogP contribution in [0.25, 0.3) is 0 Å². The molecule has 0 aliphatic rings. The van der Waals surface area contributed by atoms with Crippen molar-refractivity contribution < 1.29 is 14.7 Å². The third kappa shape index (κ3) is 5.67. The number of carboxylic acid groups (broad SMARTS) is 1. The van der Waals surface area contributed by atoms with Crippen molar-refractivity contribution in [3.05, 3.63) is 0 Å². The summed E-state index contributed by atoms with van der Waals surface area (Å²) in [6.07, 6.45) is 2.37. The van der Waals surface area contributed by atoms with Crippen molar-refractivity contribution in [2.45, 2.75) is 32.4 Å². The molecule has 0 fully saturated rings. The second kappa shape index (κ2) is 6.00. The van der Waals surface area contributed by atoms with E-state index in [2.05, 4.69) is 5.32 Å². The molecule has 5 heteroatoms. The van der Waals surface area contributed by atoms with Gasteiger partial charge < -0.3 is 10.4 Å². The molecule has 2 N–H and O–H groups in total. The van der Waals surface area contributed by atoms with Crippen LogP contribution in [0.3, 0.4) is 0 Å². The fourth-order valence-electron chi connectivity index (χ4n) is 0.812. The Balaban J connectivity index is 3.96. The first kappa shape index (κ1) is 14.3. The Morgan fingerprint density at radius 2 is 2.00 bits per heavy atom. The molecular formula is C10H19NO3S. The fourth-order valence-corrected chi connectivity index (χ4v) is 1.13. The maximum absolute atomic E-state index is 11.4. The maximum Gasteiger partial charge on any atom is 0.310 e. The largest absolute Gasteiger partial charge is 0.481 e. The van der Waals surface area contributed by atoms with Crippen LogP contribution in [0, 0.1) is 5.41 Å². The van der Waals surface area contributed by atoms with Crippen LogP contribution in [0.2, 0.25) is 0 Å². The summed E-state index contributed by atoms with van der Waals surface area (Å²) in [5.41, 5.74) is -0.905. The number of carbonyl (C=O) groups is 2. The zero-order valence-electron chi connectivity index (χ0n) is 9.66. The van der Waals surface area contributed by atoms with Crippen LogP contribution in [0.15, 0.2) is 0 Å². The third-order valence-electron chi connectivity index (χ3n) is 2.18. The van der Waals surface area contributed by atoms with Gasteiger partial charge in [-0.25, -0.2) is 0 Å². The van der Waals surface area contributed by atoms with E-state index >= 15 is 0 Å². The topological polar surface area (TPSA) is 66.4 Å². The Bertz CT molecular complexity index is 241. The average molecular weight is 233 g/mol. The number of rotatable bonds is 6. The van der Waals surface area contributed by atoms with Crippen molar-refractivity contribution in [1.29, 1.82) is 0 Å². The molecule has 1 atom stereocenters. The van der Waals surface area contributed by atoms with E-state index in [0.29, 0.717) is 6.42 Å². The van der Waals surface area contributed by atoms with Gasteiger partial charge in [0.2, 0.25) is 5.91 Å². The predicted octanol–water partition coefficient (Wildman–Crippen LogP) is 1.35. The zero-order valence-corrected chi connectivity index (χ0v) is 10.5. The first-order valence-electron chi connectivity index (χ1n) is 4.82. The van der Waals surface area contributed by atoms with E-state index in [9.17, 15) is 9.59 Å². The van der Waals surface area contributed by atoms with Crippen LogP contribution >= 0.6 is 11.8 Å². The van der Waals surface area contributed by atoms with Gasteiger partial charge in [0.1, 0.15) is 0 Å². The molecule has 1 unspecified atom stereocenters. The number of carbonyl (C=O) groups excluding carboxylic acids is 1. The van der Waals surface area contributed by atoms with Gasteiger partial charge in [-0.2, -0.15) is 11.8 Å². The third-order valence-corrected chi connectivity index (χ3v) is 3.15. The molecule has 0 heterocycles.